The van der Waals surface area contributed by atoms with E-state index in [-0.39, 0.29) is 27.0 Å². The van der Waals surface area contributed by atoms with Gasteiger partial charge in [0.05, 0.1) is 15.5 Å². The van der Waals surface area contributed by atoms with Crippen molar-refractivity contribution in [2.24, 2.45) is 5.14 Å². The Kier molecular flexibility index (Phi) is 4.12. The lowest BCUT2D eigenvalue weighted by molar-refractivity contribution is 0.102. The molecule has 2 aromatic rings. The van der Waals surface area contributed by atoms with E-state index in [0.717, 1.165) is 0 Å². The first-order chi connectivity index (χ1) is 9.77. The fourth-order valence-electron chi connectivity index (χ4n) is 1.58. The summed E-state index contributed by atoms with van der Waals surface area (Å²) in [7, 11) is -3.85. The maximum Gasteiger partial charge on any atom is 0.257 e. The van der Waals surface area contributed by atoms with Gasteiger partial charge in [-0.1, -0.05) is 17.7 Å². The van der Waals surface area contributed by atoms with Gasteiger partial charge in [0.25, 0.3) is 5.91 Å². The molecule has 0 radical (unpaired) electrons. The molecule has 0 fully saturated rings. The lowest BCUT2D eigenvalue weighted by atomic mass is 10.2. The molecule has 2 rings (SSSR count). The van der Waals surface area contributed by atoms with Gasteiger partial charge in [0.2, 0.25) is 10.0 Å². The second kappa shape index (κ2) is 5.68. The summed E-state index contributed by atoms with van der Waals surface area (Å²) in [6.45, 7) is 0. The number of carbonyl (C=O) groups excluding carboxylic acids is 1. The number of rotatable bonds is 3. The minimum absolute atomic E-state index is 0.111. The van der Waals surface area contributed by atoms with E-state index in [2.05, 4.69) is 10.3 Å². The van der Waals surface area contributed by atoms with Crippen LogP contribution in [0.25, 0.3) is 0 Å². The molecule has 7 nitrogen and oxygen atoms in total. The molecule has 21 heavy (non-hydrogen) atoms. The number of pyridine rings is 1. The first-order valence-electron chi connectivity index (χ1n) is 5.62. The number of hydrogen-bond acceptors (Lipinski definition) is 5. The zero-order valence-electron chi connectivity index (χ0n) is 10.6. The molecule has 1 aromatic carbocycles. The number of nitrogens with two attached hydrogens (primary N) is 2. The molecule has 5 N–H and O–H groups in total. The molecular weight excluding hydrogens is 316 g/mol. The van der Waals surface area contributed by atoms with Crippen molar-refractivity contribution in [1.82, 2.24) is 4.98 Å². The van der Waals surface area contributed by atoms with Gasteiger partial charge >= 0.3 is 0 Å². The van der Waals surface area contributed by atoms with Gasteiger partial charge in [-0.2, -0.15) is 0 Å². The molecule has 9 heteroatoms. The number of nitrogens with one attached hydrogen (secondary N) is 1. The Morgan fingerprint density at radius 1 is 1.29 bits per heavy atom. The summed E-state index contributed by atoms with van der Waals surface area (Å²) in [4.78, 5) is 15.7. The molecule has 0 unspecified atom stereocenters. The minimum atomic E-state index is -3.85. The lowest BCUT2D eigenvalue weighted by Gasteiger charge is -2.08. The molecule has 110 valence electrons. The molecule has 0 spiro atoms. The lowest BCUT2D eigenvalue weighted by Crippen LogP contribution is -2.15. The zero-order valence-corrected chi connectivity index (χ0v) is 12.1. The first-order valence-corrected chi connectivity index (χ1v) is 7.55. The van der Waals surface area contributed by atoms with E-state index in [4.69, 9.17) is 22.5 Å². The van der Waals surface area contributed by atoms with Crippen molar-refractivity contribution < 1.29 is 13.2 Å². The van der Waals surface area contributed by atoms with Gasteiger partial charge in [-0.3, -0.25) is 4.79 Å². The normalized spacial score (nSPS) is 11.1. The molecule has 0 atom stereocenters. The van der Waals surface area contributed by atoms with Crippen molar-refractivity contribution in [3.05, 3.63) is 47.1 Å². The standard InChI is InChI=1S/C12H11ClN4O3S/c13-10-6-16-11(14)5-9(10)12(18)17-7-2-1-3-8(4-7)21(15,19)20/h1-6H,(H2,14,16)(H,17,18)(H2,15,19,20). The fourth-order valence-corrected chi connectivity index (χ4v) is 2.33. The second-order valence-corrected chi connectivity index (χ2v) is 6.08. The average Bonchev–Trinajstić information content (AvgIpc) is 2.41. The third-order valence-electron chi connectivity index (χ3n) is 2.54. The van der Waals surface area contributed by atoms with Crippen LogP contribution in [0.15, 0.2) is 41.4 Å². The highest BCUT2D eigenvalue weighted by Gasteiger charge is 2.13. The van der Waals surface area contributed by atoms with E-state index in [1.165, 1.54) is 36.5 Å². The van der Waals surface area contributed by atoms with Crippen LogP contribution >= 0.6 is 11.6 Å². The molecule has 0 aliphatic rings. The zero-order chi connectivity index (χ0) is 15.6. The highest BCUT2D eigenvalue weighted by molar-refractivity contribution is 7.89. The second-order valence-electron chi connectivity index (χ2n) is 4.12. The minimum Gasteiger partial charge on any atom is -0.384 e. The van der Waals surface area contributed by atoms with Gasteiger partial charge in [0.15, 0.2) is 0 Å². The van der Waals surface area contributed by atoms with E-state index in [9.17, 15) is 13.2 Å². The molecule has 0 aliphatic carbocycles. The van der Waals surface area contributed by atoms with Crippen LogP contribution < -0.4 is 16.2 Å². The Bertz CT molecular complexity index is 808. The van der Waals surface area contributed by atoms with Crippen LogP contribution in [0, 0.1) is 0 Å². The van der Waals surface area contributed by atoms with E-state index >= 15 is 0 Å². The summed E-state index contributed by atoms with van der Waals surface area (Å²) in [5, 5.41) is 7.67. The Morgan fingerprint density at radius 2 is 2.00 bits per heavy atom. The van der Waals surface area contributed by atoms with Crippen molar-refractivity contribution in [2.45, 2.75) is 4.90 Å². The summed E-state index contributed by atoms with van der Waals surface area (Å²) in [5.41, 5.74) is 5.89. The van der Waals surface area contributed by atoms with Crippen molar-refractivity contribution in [3.63, 3.8) is 0 Å². The average molecular weight is 327 g/mol. The summed E-state index contributed by atoms with van der Waals surface area (Å²) in [6.07, 6.45) is 1.26. The number of benzene rings is 1. The number of sulfonamides is 1. The Morgan fingerprint density at radius 3 is 2.67 bits per heavy atom. The fraction of sp³-hybridized carbons (Fsp3) is 0. The third kappa shape index (κ3) is 3.69. The van der Waals surface area contributed by atoms with Crippen LogP contribution in [0.1, 0.15) is 10.4 Å². The summed E-state index contributed by atoms with van der Waals surface area (Å²) < 4.78 is 22.5. The summed E-state index contributed by atoms with van der Waals surface area (Å²) in [5.74, 6) is -0.400. The van der Waals surface area contributed by atoms with Gasteiger partial charge < -0.3 is 11.1 Å². The molecule has 1 amide bonds. The molecular formula is C12H11ClN4O3S. The van der Waals surface area contributed by atoms with Crippen LogP contribution in [-0.2, 0) is 10.0 Å². The predicted molar refractivity (Wildman–Crippen MR) is 79.4 cm³/mol. The maximum atomic E-state index is 12.1. The number of nitrogen functional groups attached to an aromatic ring is 1. The number of aromatic nitrogens is 1. The maximum absolute atomic E-state index is 12.1. The largest absolute Gasteiger partial charge is 0.384 e. The smallest absolute Gasteiger partial charge is 0.257 e. The predicted octanol–water partition coefficient (Wildman–Crippen LogP) is 1.22. The topological polar surface area (TPSA) is 128 Å². The van der Waals surface area contributed by atoms with Crippen molar-refractivity contribution >= 4 is 39.0 Å². The van der Waals surface area contributed by atoms with Gasteiger partial charge in [-0.25, -0.2) is 18.5 Å². The molecule has 0 saturated heterocycles. The van der Waals surface area contributed by atoms with Crippen LogP contribution in [-0.4, -0.2) is 19.3 Å². The van der Waals surface area contributed by atoms with Crippen LogP contribution in [0.5, 0.6) is 0 Å². The number of nitrogens with zero attached hydrogens (tertiary/aromatic N) is 1. The highest BCUT2D eigenvalue weighted by Crippen LogP contribution is 2.19. The Hall–Kier alpha value is -2.16. The molecule has 1 heterocycles. The quantitative estimate of drug-likeness (QED) is 0.781. The van der Waals surface area contributed by atoms with E-state index in [1.807, 2.05) is 0 Å². The van der Waals surface area contributed by atoms with Gasteiger partial charge in [-0.05, 0) is 24.3 Å². The highest BCUT2D eigenvalue weighted by atomic mass is 35.5. The van der Waals surface area contributed by atoms with Gasteiger partial charge in [0.1, 0.15) is 5.82 Å². The number of halogens is 1. The Labute approximate surface area is 126 Å². The number of amides is 1. The molecule has 0 aliphatic heterocycles. The number of hydrogen-bond donors (Lipinski definition) is 3. The number of primary sulfonamides is 1. The van der Waals surface area contributed by atoms with Gasteiger partial charge in [-0.15, -0.1) is 0 Å². The molecule has 1 aromatic heterocycles. The third-order valence-corrected chi connectivity index (χ3v) is 3.75. The summed E-state index contributed by atoms with van der Waals surface area (Å²) in [6, 6.07) is 6.86. The van der Waals surface area contributed by atoms with E-state index in [1.54, 1.807) is 0 Å². The molecule has 0 saturated carbocycles. The molecule has 0 bridgehead atoms. The SMILES string of the molecule is Nc1cc(C(=O)Nc2cccc(S(N)(=O)=O)c2)c(Cl)cn1. The van der Waals surface area contributed by atoms with E-state index in [0.29, 0.717) is 0 Å². The first kappa shape index (κ1) is 15.2. The van der Waals surface area contributed by atoms with Crippen LogP contribution in [0.2, 0.25) is 5.02 Å². The number of anilines is 2. The van der Waals surface area contributed by atoms with Gasteiger partial charge in [0, 0.05) is 11.9 Å². The van der Waals surface area contributed by atoms with Crippen LogP contribution in [0.4, 0.5) is 11.5 Å². The Balaban J connectivity index is 2.30. The van der Waals surface area contributed by atoms with Crippen LogP contribution in [0.3, 0.4) is 0 Å². The van der Waals surface area contributed by atoms with Crippen molar-refractivity contribution in [3.8, 4) is 0 Å². The number of carbonyl (C=O) groups is 1. The summed E-state index contributed by atoms with van der Waals surface area (Å²) >= 11 is 5.87. The van der Waals surface area contributed by atoms with Crippen molar-refractivity contribution in [1.29, 1.82) is 0 Å². The van der Waals surface area contributed by atoms with E-state index < -0.39 is 15.9 Å². The van der Waals surface area contributed by atoms with Crippen molar-refractivity contribution in [2.75, 3.05) is 11.1 Å². The monoisotopic (exact) mass is 326 g/mol.